The van der Waals surface area contributed by atoms with Crippen LogP contribution in [0.15, 0.2) is 72.9 Å². The fourth-order valence-corrected chi connectivity index (χ4v) is 6.62. The Hall–Kier alpha value is -3.15. The fourth-order valence-electron chi connectivity index (χ4n) is 6.62. The van der Waals surface area contributed by atoms with Crippen molar-refractivity contribution in [3.8, 4) is 0 Å². The number of hydrogen-bond acceptors (Lipinski definition) is 6. The second-order valence-corrected chi connectivity index (χ2v) is 16.1. The van der Waals surface area contributed by atoms with Crippen LogP contribution in [0.4, 0.5) is 0 Å². The van der Waals surface area contributed by atoms with E-state index in [1.165, 1.54) is 109 Å². The van der Waals surface area contributed by atoms with E-state index >= 15 is 0 Å². The predicted octanol–water partition coefficient (Wildman–Crippen LogP) is 15.9. The van der Waals surface area contributed by atoms with Crippen LogP contribution in [0.3, 0.4) is 0 Å². The number of unbranched alkanes of at least 4 members (excludes halogenated alkanes) is 24. The molecule has 1 atom stereocenters. The van der Waals surface area contributed by atoms with Crippen LogP contribution in [0.2, 0.25) is 0 Å². The number of hydrogen-bond donors (Lipinski definition) is 0. The highest BCUT2D eigenvalue weighted by Crippen LogP contribution is 2.15. The standard InChI is InChI=1S/C53H90O6/c1-4-7-10-13-16-19-22-24-26-28-31-34-37-40-43-46-52(55)58-49-50(48-57-51(54)45-42-39-36-33-30-21-18-15-12-9-6-3)59-53(56)47-44-41-38-35-32-29-27-25-23-20-17-14-11-8-5-2/h7,10,13,15-16,18-19,22,24,26,28,31,50H,4-6,8-9,11-12,14,17,20-21,23,25,27,29-30,32-49H2,1-3H3/b10-7-,16-13-,18-15-,22-19-,26-24-,31-28-. The third-order valence-electron chi connectivity index (χ3n) is 10.3. The smallest absolute Gasteiger partial charge is 0.306 e. The molecule has 0 bridgehead atoms. The number of allylic oxidation sites excluding steroid dienone is 12. The minimum atomic E-state index is -0.793. The molecule has 6 nitrogen and oxygen atoms in total. The lowest BCUT2D eigenvalue weighted by Crippen LogP contribution is -2.30. The zero-order valence-corrected chi connectivity index (χ0v) is 38.5. The van der Waals surface area contributed by atoms with E-state index in [4.69, 9.17) is 14.2 Å². The van der Waals surface area contributed by atoms with E-state index in [9.17, 15) is 14.4 Å². The van der Waals surface area contributed by atoms with Gasteiger partial charge in [-0.25, -0.2) is 0 Å². The Kier molecular flexibility index (Phi) is 45.0. The summed E-state index contributed by atoms with van der Waals surface area (Å²) in [5.41, 5.74) is 0. The first-order chi connectivity index (χ1) is 29.0. The van der Waals surface area contributed by atoms with Gasteiger partial charge in [0.2, 0.25) is 0 Å². The molecular formula is C53H90O6. The van der Waals surface area contributed by atoms with Crippen molar-refractivity contribution in [1.82, 2.24) is 0 Å². The molecular weight excluding hydrogens is 733 g/mol. The Morgan fingerprint density at radius 2 is 0.695 bits per heavy atom. The van der Waals surface area contributed by atoms with Gasteiger partial charge in [-0.2, -0.15) is 0 Å². The molecule has 0 radical (unpaired) electrons. The average molecular weight is 823 g/mol. The van der Waals surface area contributed by atoms with Crippen molar-refractivity contribution in [3.05, 3.63) is 72.9 Å². The maximum atomic E-state index is 12.8. The first-order valence-corrected chi connectivity index (χ1v) is 24.5. The monoisotopic (exact) mass is 823 g/mol. The largest absolute Gasteiger partial charge is 0.462 e. The summed E-state index contributed by atoms with van der Waals surface area (Å²) in [6.45, 7) is 6.41. The summed E-state index contributed by atoms with van der Waals surface area (Å²) in [6.07, 6.45) is 58.8. The van der Waals surface area contributed by atoms with E-state index < -0.39 is 6.10 Å². The van der Waals surface area contributed by atoms with Crippen LogP contribution in [0.1, 0.15) is 226 Å². The van der Waals surface area contributed by atoms with Gasteiger partial charge >= 0.3 is 17.9 Å². The summed E-state index contributed by atoms with van der Waals surface area (Å²) in [4.78, 5) is 37.8. The Bertz CT molecular complexity index is 1130. The number of ether oxygens (including phenoxy) is 3. The summed E-state index contributed by atoms with van der Waals surface area (Å²) < 4.78 is 16.7. The molecule has 0 aromatic rings. The molecule has 0 fully saturated rings. The number of carbonyl (C=O) groups excluding carboxylic acids is 3. The van der Waals surface area contributed by atoms with Gasteiger partial charge in [0.1, 0.15) is 13.2 Å². The molecule has 0 aliphatic heterocycles. The molecule has 0 aliphatic rings. The fraction of sp³-hybridized carbons (Fsp3) is 0.717. The number of carbonyl (C=O) groups is 3. The van der Waals surface area contributed by atoms with Gasteiger partial charge in [0.25, 0.3) is 0 Å². The molecule has 0 heterocycles. The minimum Gasteiger partial charge on any atom is -0.462 e. The van der Waals surface area contributed by atoms with Crippen LogP contribution in [0.5, 0.6) is 0 Å². The number of rotatable bonds is 43. The van der Waals surface area contributed by atoms with E-state index in [1.807, 2.05) is 48.6 Å². The quantitative estimate of drug-likeness (QED) is 0.0200. The van der Waals surface area contributed by atoms with Crippen molar-refractivity contribution in [3.63, 3.8) is 0 Å². The lowest BCUT2D eigenvalue weighted by Gasteiger charge is -2.18. The normalized spacial score (nSPS) is 12.7. The third-order valence-corrected chi connectivity index (χ3v) is 10.3. The van der Waals surface area contributed by atoms with E-state index in [0.717, 1.165) is 77.0 Å². The Labute approximate surface area is 363 Å². The van der Waals surface area contributed by atoms with Gasteiger partial charge in [0.15, 0.2) is 6.10 Å². The maximum Gasteiger partial charge on any atom is 0.306 e. The van der Waals surface area contributed by atoms with Gasteiger partial charge in [-0.1, -0.05) is 222 Å². The lowest BCUT2D eigenvalue weighted by molar-refractivity contribution is -0.167. The van der Waals surface area contributed by atoms with Crippen LogP contribution in [-0.4, -0.2) is 37.2 Å². The molecule has 0 aromatic heterocycles. The van der Waals surface area contributed by atoms with Gasteiger partial charge < -0.3 is 14.2 Å². The Balaban J connectivity index is 4.45. The molecule has 6 heteroatoms. The van der Waals surface area contributed by atoms with Gasteiger partial charge in [0.05, 0.1) is 0 Å². The third kappa shape index (κ3) is 45.8. The molecule has 338 valence electrons. The van der Waals surface area contributed by atoms with Crippen LogP contribution >= 0.6 is 0 Å². The van der Waals surface area contributed by atoms with E-state index in [0.29, 0.717) is 19.3 Å². The van der Waals surface area contributed by atoms with Gasteiger partial charge in [-0.15, -0.1) is 0 Å². The van der Waals surface area contributed by atoms with Gasteiger partial charge in [-0.3, -0.25) is 14.4 Å². The van der Waals surface area contributed by atoms with E-state index in [-0.39, 0.29) is 31.1 Å². The van der Waals surface area contributed by atoms with Crippen molar-refractivity contribution in [1.29, 1.82) is 0 Å². The van der Waals surface area contributed by atoms with Crippen molar-refractivity contribution in [2.75, 3.05) is 13.2 Å². The molecule has 0 N–H and O–H groups in total. The topological polar surface area (TPSA) is 78.9 Å². The summed E-state index contributed by atoms with van der Waals surface area (Å²) in [5.74, 6) is -0.944. The predicted molar refractivity (Wildman–Crippen MR) is 251 cm³/mol. The van der Waals surface area contributed by atoms with Crippen molar-refractivity contribution >= 4 is 17.9 Å². The molecule has 0 saturated carbocycles. The minimum absolute atomic E-state index is 0.0926. The molecule has 0 amide bonds. The molecule has 0 spiro atoms. The summed E-state index contributed by atoms with van der Waals surface area (Å²) in [5, 5.41) is 0. The van der Waals surface area contributed by atoms with Crippen LogP contribution in [0.25, 0.3) is 0 Å². The highest BCUT2D eigenvalue weighted by atomic mass is 16.6. The average Bonchev–Trinajstić information content (AvgIpc) is 3.23. The zero-order chi connectivity index (χ0) is 43.0. The van der Waals surface area contributed by atoms with Crippen molar-refractivity contribution in [2.45, 2.75) is 232 Å². The summed E-state index contributed by atoms with van der Waals surface area (Å²) in [7, 11) is 0. The summed E-state index contributed by atoms with van der Waals surface area (Å²) in [6, 6.07) is 0. The Morgan fingerprint density at radius 3 is 1.15 bits per heavy atom. The maximum absolute atomic E-state index is 12.8. The number of esters is 3. The van der Waals surface area contributed by atoms with Gasteiger partial charge in [-0.05, 0) is 57.8 Å². The molecule has 0 aliphatic carbocycles. The van der Waals surface area contributed by atoms with E-state index in [1.54, 1.807) is 0 Å². The lowest BCUT2D eigenvalue weighted by atomic mass is 10.0. The Morgan fingerprint density at radius 1 is 0.356 bits per heavy atom. The zero-order valence-electron chi connectivity index (χ0n) is 38.5. The summed E-state index contributed by atoms with van der Waals surface area (Å²) >= 11 is 0. The SMILES string of the molecule is CC\C=C/C=C\C=C/C=C\C=C/CCCCCC(=O)OCC(COC(=O)CCCCCCC/C=C\CCCC)OC(=O)CCCCCCCCCCCCCCCCC. The molecule has 0 rings (SSSR count). The van der Waals surface area contributed by atoms with Crippen LogP contribution in [0, 0.1) is 0 Å². The highest BCUT2D eigenvalue weighted by Gasteiger charge is 2.19. The molecule has 0 aromatic carbocycles. The van der Waals surface area contributed by atoms with Crippen molar-refractivity contribution < 1.29 is 28.6 Å². The van der Waals surface area contributed by atoms with Gasteiger partial charge in [0, 0.05) is 19.3 Å². The molecule has 0 saturated heterocycles. The molecule has 59 heavy (non-hydrogen) atoms. The second-order valence-electron chi connectivity index (χ2n) is 16.1. The first kappa shape index (κ1) is 55.9. The van der Waals surface area contributed by atoms with Crippen LogP contribution < -0.4 is 0 Å². The second kappa shape index (κ2) is 47.5. The van der Waals surface area contributed by atoms with E-state index in [2.05, 4.69) is 45.1 Å². The van der Waals surface area contributed by atoms with Crippen LogP contribution in [-0.2, 0) is 28.6 Å². The molecule has 1 unspecified atom stereocenters. The highest BCUT2D eigenvalue weighted by molar-refractivity contribution is 5.71. The van der Waals surface area contributed by atoms with Crippen molar-refractivity contribution in [2.24, 2.45) is 0 Å². The first-order valence-electron chi connectivity index (χ1n) is 24.5.